The Balaban J connectivity index is 1.46. The second kappa shape index (κ2) is 6.47. The van der Waals surface area contributed by atoms with Crippen molar-refractivity contribution in [2.45, 2.75) is 25.7 Å². The van der Waals surface area contributed by atoms with Crippen LogP contribution >= 0.6 is 34.3 Å². The molecule has 3 heterocycles. The topological polar surface area (TPSA) is 33.2 Å². The molecule has 4 rings (SSSR count). The fourth-order valence-electron chi connectivity index (χ4n) is 3.13. The Morgan fingerprint density at radius 1 is 1.21 bits per heavy atom. The summed E-state index contributed by atoms with van der Waals surface area (Å²) >= 11 is 9.38. The maximum absolute atomic E-state index is 12.5. The third-order valence-electron chi connectivity index (χ3n) is 4.45. The van der Waals surface area contributed by atoms with Gasteiger partial charge in [0, 0.05) is 28.9 Å². The van der Waals surface area contributed by atoms with Crippen molar-refractivity contribution in [2.24, 2.45) is 0 Å². The van der Waals surface area contributed by atoms with Crippen LogP contribution in [0.25, 0.3) is 10.2 Å². The number of aryl methyl sites for hydroxylation is 1. The van der Waals surface area contributed by atoms with Gasteiger partial charge in [0.05, 0.1) is 20.1 Å². The zero-order valence-corrected chi connectivity index (χ0v) is 15.7. The highest BCUT2D eigenvalue weighted by Crippen LogP contribution is 2.35. The Morgan fingerprint density at radius 2 is 2.00 bits per heavy atom. The van der Waals surface area contributed by atoms with Crippen LogP contribution in [-0.2, 0) is 0 Å². The summed E-state index contributed by atoms with van der Waals surface area (Å²) in [5.41, 5.74) is 0.982. The summed E-state index contributed by atoms with van der Waals surface area (Å²) in [5, 5.41) is 1.90. The minimum atomic E-state index is 0.169. The van der Waals surface area contributed by atoms with Gasteiger partial charge in [0.2, 0.25) is 0 Å². The predicted octanol–water partition coefficient (Wildman–Crippen LogP) is 5.34. The van der Waals surface area contributed by atoms with Crippen LogP contribution in [0.1, 0.15) is 38.3 Å². The van der Waals surface area contributed by atoms with Gasteiger partial charge in [-0.1, -0.05) is 11.6 Å². The molecule has 0 unspecified atom stereocenters. The molecular formula is C18H17ClN2OS2. The van der Waals surface area contributed by atoms with Crippen molar-refractivity contribution in [1.29, 1.82) is 0 Å². The third-order valence-corrected chi connectivity index (χ3v) is 6.87. The molecular weight excluding hydrogens is 360 g/mol. The van der Waals surface area contributed by atoms with Gasteiger partial charge < -0.3 is 4.90 Å². The van der Waals surface area contributed by atoms with Crippen LogP contribution in [0.15, 0.2) is 30.3 Å². The standard InChI is InChI=1S/C18H17ClN2OS2/c1-11-2-4-16(23-11)18(22)21-8-6-12(7-9-21)17-20-14-10-13(19)3-5-15(14)24-17/h2-5,10,12H,6-9H2,1H3. The molecule has 0 N–H and O–H groups in total. The molecule has 0 aliphatic carbocycles. The smallest absolute Gasteiger partial charge is 0.263 e. The Labute approximate surface area is 153 Å². The molecule has 0 spiro atoms. The predicted molar refractivity (Wildman–Crippen MR) is 102 cm³/mol. The Hall–Kier alpha value is -1.43. The van der Waals surface area contributed by atoms with E-state index in [9.17, 15) is 4.79 Å². The summed E-state index contributed by atoms with van der Waals surface area (Å²) in [5.74, 6) is 0.609. The number of thiazole rings is 1. The monoisotopic (exact) mass is 376 g/mol. The van der Waals surface area contributed by atoms with E-state index in [2.05, 4.69) is 0 Å². The summed E-state index contributed by atoms with van der Waals surface area (Å²) in [4.78, 5) is 21.3. The number of halogens is 1. The SMILES string of the molecule is Cc1ccc(C(=O)N2CCC(c3nc4cc(Cl)ccc4s3)CC2)s1. The molecule has 0 saturated carbocycles. The van der Waals surface area contributed by atoms with Crippen molar-refractivity contribution < 1.29 is 4.79 Å². The van der Waals surface area contributed by atoms with E-state index in [1.807, 2.05) is 42.2 Å². The quantitative estimate of drug-likeness (QED) is 0.604. The molecule has 1 aromatic carbocycles. The van der Waals surface area contributed by atoms with E-state index < -0.39 is 0 Å². The number of rotatable bonds is 2. The van der Waals surface area contributed by atoms with Crippen LogP contribution in [0, 0.1) is 6.92 Å². The molecule has 3 nitrogen and oxygen atoms in total. The molecule has 124 valence electrons. The first-order chi connectivity index (χ1) is 11.6. The third kappa shape index (κ3) is 3.08. The number of aromatic nitrogens is 1. The highest BCUT2D eigenvalue weighted by atomic mass is 35.5. The molecule has 2 aromatic heterocycles. The van der Waals surface area contributed by atoms with E-state index in [0.29, 0.717) is 5.92 Å². The van der Waals surface area contributed by atoms with Crippen molar-refractivity contribution in [2.75, 3.05) is 13.1 Å². The summed E-state index contributed by atoms with van der Waals surface area (Å²) in [6.45, 7) is 3.64. The second-order valence-electron chi connectivity index (χ2n) is 6.14. The van der Waals surface area contributed by atoms with Gasteiger partial charge in [0.1, 0.15) is 0 Å². The minimum absolute atomic E-state index is 0.169. The number of benzene rings is 1. The van der Waals surface area contributed by atoms with E-state index in [-0.39, 0.29) is 5.91 Å². The second-order valence-corrected chi connectivity index (χ2v) is 8.93. The van der Waals surface area contributed by atoms with Gasteiger partial charge in [-0.3, -0.25) is 4.79 Å². The number of piperidine rings is 1. The van der Waals surface area contributed by atoms with E-state index >= 15 is 0 Å². The molecule has 3 aromatic rings. The number of hydrogen-bond donors (Lipinski definition) is 0. The molecule has 0 atom stereocenters. The maximum atomic E-state index is 12.5. The fourth-order valence-corrected chi connectivity index (χ4v) is 5.25. The number of nitrogens with zero attached hydrogens (tertiary/aromatic N) is 2. The van der Waals surface area contributed by atoms with Crippen LogP contribution < -0.4 is 0 Å². The summed E-state index contributed by atoms with van der Waals surface area (Å²) in [6, 6.07) is 9.82. The molecule has 1 aliphatic heterocycles. The molecule has 24 heavy (non-hydrogen) atoms. The number of fused-ring (bicyclic) bond motifs is 1. The van der Waals surface area contributed by atoms with Gasteiger partial charge in [-0.15, -0.1) is 22.7 Å². The van der Waals surface area contributed by atoms with E-state index in [1.54, 1.807) is 22.7 Å². The molecule has 0 bridgehead atoms. The first-order valence-corrected chi connectivity index (χ1v) is 10.0. The van der Waals surface area contributed by atoms with Gasteiger partial charge in [-0.05, 0) is 50.1 Å². The van der Waals surface area contributed by atoms with Crippen LogP contribution in [0.2, 0.25) is 5.02 Å². The van der Waals surface area contributed by atoms with E-state index in [1.165, 1.54) is 14.6 Å². The maximum Gasteiger partial charge on any atom is 0.263 e. The van der Waals surface area contributed by atoms with Crippen LogP contribution in [0.4, 0.5) is 0 Å². The molecule has 6 heteroatoms. The van der Waals surface area contributed by atoms with Gasteiger partial charge in [0.25, 0.3) is 5.91 Å². The number of likely N-dealkylation sites (tertiary alicyclic amines) is 1. The Morgan fingerprint density at radius 3 is 2.71 bits per heavy atom. The summed E-state index contributed by atoms with van der Waals surface area (Å²) in [6.07, 6.45) is 1.95. The van der Waals surface area contributed by atoms with Crippen molar-refractivity contribution in [3.8, 4) is 0 Å². The van der Waals surface area contributed by atoms with Crippen molar-refractivity contribution in [1.82, 2.24) is 9.88 Å². The van der Waals surface area contributed by atoms with Crippen molar-refractivity contribution >= 4 is 50.4 Å². The lowest BCUT2D eigenvalue weighted by atomic mass is 9.97. The summed E-state index contributed by atoms with van der Waals surface area (Å²) in [7, 11) is 0. The minimum Gasteiger partial charge on any atom is -0.338 e. The van der Waals surface area contributed by atoms with Gasteiger partial charge in [-0.25, -0.2) is 4.98 Å². The fraction of sp³-hybridized carbons (Fsp3) is 0.333. The van der Waals surface area contributed by atoms with Crippen molar-refractivity contribution in [3.63, 3.8) is 0 Å². The average molecular weight is 377 g/mol. The zero-order chi connectivity index (χ0) is 16.7. The highest BCUT2D eigenvalue weighted by molar-refractivity contribution is 7.18. The number of carbonyl (C=O) groups is 1. The molecule has 1 saturated heterocycles. The van der Waals surface area contributed by atoms with Crippen molar-refractivity contribution in [3.05, 3.63) is 50.1 Å². The van der Waals surface area contributed by atoms with Gasteiger partial charge in [-0.2, -0.15) is 0 Å². The first-order valence-electron chi connectivity index (χ1n) is 8.02. The average Bonchev–Trinajstić information content (AvgIpc) is 3.20. The van der Waals surface area contributed by atoms with Crippen LogP contribution in [-0.4, -0.2) is 28.9 Å². The molecule has 0 radical (unpaired) electrons. The first kappa shape index (κ1) is 16.1. The molecule has 1 fully saturated rings. The Bertz CT molecular complexity index is 893. The lowest BCUT2D eigenvalue weighted by Gasteiger charge is -2.30. The normalized spacial score (nSPS) is 16.0. The van der Waals surface area contributed by atoms with Gasteiger partial charge >= 0.3 is 0 Å². The largest absolute Gasteiger partial charge is 0.338 e. The van der Waals surface area contributed by atoms with E-state index in [0.717, 1.165) is 41.3 Å². The number of amides is 1. The summed E-state index contributed by atoms with van der Waals surface area (Å²) < 4.78 is 1.18. The molecule has 1 aliphatic rings. The van der Waals surface area contributed by atoms with Crippen LogP contribution in [0.3, 0.4) is 0 Å². The lowest BCUT2D eigenvalue weighted by Crippen LogP contribution is -2.37. The highest BCUT2D eigenvalue weighted by Gasteiger charge is 2.27. The number of carbonyl (C=O) groups excluding carboxylic acids is 1. The van der Waals surface area contributed by atoms with Gasteiger partial charge in [0.15, 0.2) is 0 Å². The molecule has 1 amide bonds. The number of thiophene rings is 1. The Kier molecular flexibility index (Phi) is 4.33. The van der Waals surface area contributed by atoms with Crippen LogP contribution in [0.5, 0.6) is 0 Å². The lowest BCUT2D eigenvalue weighted by molar-refractivity contribution is 0.0718. The number of hydrogen-bond acceptors (Lipinski definition) is 4. The van der Waals surface area contributed by atoms with E-state index in [4.69, 9.17) is 16.6 Å². The zero-order valence-electron chi connectivity index (χ0n) is 13.3.